The number of nitrogen functional groups attached to an aromatic ring is 1. The molecule has 0 spiro atoms. The molecule has 2 aromatic carbocycles. The fourth-order valence-electron chi connectivity index (χ4n) is 3.21. The molecule has 2 aromatic rings. The highest BCUT2D eigenvalue weighted by Crippen LogP contribution is 2.26. The van der Waals surface area contributed by atoms with E-state index in [1.807, 2.05) is 30.3 Å². The van der Waals surface area contributed by atoms with Crippen LogP contribution in [0.4, 0.5) is 5.69 Å². The van der Waals surface area contributed by atoms with Gasteiger partial charge in [-0.3, -0.25) is 4.90 Å². The van der Waals surface area contributed by atoms with Crippen LogP contribution in [0.2, 0.25) is 0 Å². The van der Waals surface area contributed by atoms with Crippen LogP contribution in [0.3, 0.4) is 0 Å². The lowest BCUT2D eigenvalue weighted by Crippen LogP contribution is -2.28. The fraction of sp³-hybridized carbons (Fsp3) is 0.350. The second-order valence-corrected chi connectivity index (χ2v) is 6.55. The normalized spacial score (nSPS) is 16.5. The lowest BCUT2D eigenvalue weighted by molar-refractivity contribution is 0.269. The summed E-state index contributed by atoms with van der Waals surface area (Å²) in [6.45, 7) is 5.37. The van der Waals surface area contributed by atoms with Gasteiger partial charge in [0.2, 0.25) is 0 Å². The highest BCUT2D eigenvalue weighted by atomic mass is 15.2. The highest BCUT2D eigenvalue weighted by Gasteiger charge is 2.13. The number of anilines is 1. The first-order chi connectivity index (χ1) is 11.7. The summed E-state index contributed by atoms with van der Waals surface area (Å²) in [6, 6.07) is 16.3. The van der Waals surface area contributed by atoms with Crippen molar-refractivity contribution in [3.05, 3.63) is 53.6 Å². The third kappa shape index (κ3) is 3.94. The maximum atomic E-state index is 9.55. The zero-order valence-corrected chi connectivity index (χ0v) is 14.2. The lowest BCUT2D eigenvalue weighted by Gasteiger charge is -2.20. The Labute approximate surface area is 144 Å². The third-order valence-corrected chi connectivity index (χ3v) is 4.64. The number of hydrogen-bond acceptors (Lipinski definition) is 4. The predicted molar refractivity (Wildman–Crippen MR) is 98.4 cm³/mol. The molecule has 2 N–H and O–H groups in total. The van der Waals surface area contributed by atoms with Gasteiger partial charge in [0.1, 0.15) is 0 Å². The lowest BCUT2D eigenvalue weighted by atomic mass is 9.98. The summed E-state index contributed by atoms with van der Waals surface area (Å²) in [5.74, 6) is 0. The third-order valence-electron chi connectivity index (χ3n) is 4.64. The van der Waals surface area contributed by atoms with Gasteiger partial charge in [-0.1, -0.05) is 24.3 Å². The molecule has 4 nitrogen and oxygen atoms in total. The topological polar surface area (TPSA) is 56.3 Å². The van der Waals surface area contributed by atoms with Crippen molar-refractivity contribution in [2.24, 2.45) is 0 Å². The van der Waals surface area contributed by atoms with Crippen LogP contribution < -0.4 is 5.73 Å². The summed E-state index contributed by atoms with van der Waals surface area (Å²) in [6.07, 6.45) is 1.20. The van der Waals surface area contributed by atoms with Crippen molar-refractivity contribution in [3.63, 3.8) is 0 Å². The van der Waals surface area contributed by atoms with E-state index < -0.39 is 0 Å². The van der Waals surface area contributed by atoms with Gasteiger partial charge in [-0.05, 0) is 61.4 Å². The van der Waals surface area contributed by atoms with E-state index in [-0.39, 0.29) is 0 Å². The molecule has 4 heteroatoms. The average molecular weight is 320 g/mol. The molecule has 0 aliphatic carbocycles. The van der Waals surface area contributed by atoms with Gasteiger partial charge in [0.15, 0.2) is 0 Å². The minimum absolute atomic E-state index is 0.726. The zero-order chi connectivity index (χ0) is 16.9. The molecule has 0 saturated carbocycles. The largest absolute Gasteiger partial charge is 0.399 e. The van der Waals surface area contributed by atoms with Crippen LogP contribution in [0.1, 0.15) is 17.5 Å². The number of nitrogens with two attached hydrogens (primary N) is 1. The highest BCUT2D eigenvalue weighted by molar-refractivity contribution is 5.72. The molecule has 0 atom stereocenters. The van der Waals surface area contributed by atoms with E-state index in [9.17, 15) is 5.26 Å². The molecule has 0 unspecified atom stereocenters. The quantitative estimate of drug-likeness (QED) is 0.884. The number of nitrogens with zero attached hydrogens (tertiary/aromatic N) is 3. The number of benzene rings is 2. The summed E-state index contributed by atoms with van der Waals surface area (Å²) in [5.41, 5.74) is 10.4. The Bertz CT molecular complexity index is 730. The van der Waals surface area contributed by atoms with E-state index in [0.29, 0.717) is 0 Å². The van der Waals surface area contributed by atoms with Crippen LogP contribution in [0.15, 0.2) is 42.5 Å². The molecule has 1 aliphatic rings. The Hall–Kier alpha value is -2.35. The summed E-state index contributed by atoms with van der Waals surface area (Å²) < 4.78 is 0. The summed E-state index contributed by atoms with van der Waals surface area (Å²) in [7, 11) is 2.18. The van der Waals surface area contributed by atoms with Crippen molar-refractivity contribution in [3.8, 4) is 17.2 Å². The summed E-state index contributed by atoms with van der Waals surface area (Å²) in [4.78, 5) is 4.85. The Morgan fingerprint density at radius 2 is 1.83 bits per heavy atom. The molecule has 124 valence electrons. The van der Waals surface area contributed by atoms with Crippen LogP contribution in [0.5, 0.6) is 0 Å². The molecule has 1 fully saturated rings. The van der Waals surface area contributed by atoms with Crippen LogP contribution in [0.25, 0.3) is 11.1 Å². The molecule has 0 radical (unpaired) electrons. The van der Waals surface area contributed by atoms with Crippen molar-refractivity contribution in [1.29, 1.82) is 5.26 Å². The predicted octanol–water partition coefficient (Wildman–Crippen LogP) is 2.94. The first-order valence-corrected chi connectivity index (χ1v) is 8.45. The van der Waals surface area contributed by atoms with Gasteiger partial charge in [-0.2, -0.15) is 5.26 Å². The van der Waals surface area contributed by atoms with Crippen LogP contribution in [-0.2, 0) is 6.54 Å². The van der Waals surface area contributed by atoms with Gasteiger partial charge in [0.25, 0.3) is 0 Å². The molecule has 1 aliphatic heterocycles. The monoisotopic (exact) mass is 320 g/mol. The van der Waals surface area contributed by atoms with Gasteiger partial charge < -0.3 is 10.6 Å². The molecule has 0 bridgehead atoms. The molecule has 24 heavy (non-hydrogen) atoms. The van der Waals surface area contributed by atoms with E-state index in [1.54, 1.807) is 0 Å². The Morgan fingerprint density at radius 1 is 1.04 bits per heavy atom. The van der Waals surface area contributed by atoms with Crippen molar-refractivity contribution >= 4 is 5.69 Å². The van der Waals surface area contributed by atoms with E-state index in [4.69, 9.17) is 5.73 Å². The minimum Gasteiger partial charge on any atom is -0.399 e. The van der Waals surface area contributed by atoms with Gasteiger partial charge >= 0.3 is 0 Å². The Kier molecular flexibility index (Phi) is 5.14. The van der Waals surface area contributed by atoms with Gasteiger partial charge in [-0.25, -0.2) is 0 Å². The molecule has 0 aromatic heterocycles. The Morgan fingerprint density at radius 3 is 2.58 bits per heavy atom. The molecular weight excluding hydrogens is 296 g/mol. The fourth-order valence-corrected chi connectivity index (χ4v) is 3.21. The van der Waals surface area contributed by atoms with Gasteiger partial charge in [-0.15, -0.1) is 0 Å². The van der Waals surface area contributed by atoms with E-state index >= 15 is 0 Å². The summed E-state index contributed by atoms with van der Waals surface area (Å²) >= 11 is 0. The second kappa shape index (κ2) is 7.48. The number of likely N-dealkylation sites (N-methyl/N-ethyl adjacent to an activating group) is 1. The standard InChI is InChI=1S/C20H24N4/c1-23-9-2-10-24(12-11-23)15-16-3-8-20(18(13-16)14-21)17-4-6-19(22)7-5-17/h3-8,13H,2,9-12,15,22H2,1H3. The Balaban J connectivity index is 1.79. The van der Waals surface area contributed by atoms with E-state index in [2.05, 4.69) is 35.0 Å². The first-order valence-electron chi connectivity index (χ1n) is 8.45. The average Bonchev–Trinajstić information content (AvgIpc) is 2.80. The molecule has 1 heterocycles. The first kappa shape index (κ1) is 16.5. The van der Waals surface area contributed by atoms with Crippen molar-refractivity contribution in [1.82, 2.24) is 9.80 Å². The number of hydrogen-bond donors (Lipinski definition) is 1. The van der Waals surface area contributed by atoms with E-state index in [0.717, 1.165) is 55.1 Å². The zero-order valence-electron chi connectivity index (χ0n) is 14.2. The molecule has 1 saturated heterocycles. The van der Waals surface area contributed by atoms with Crippen LogP contribution in [0, 0.1) is 11.3 Å². The van der Waals surface area contributed by atoms with Crippen molar-refractivity contribution in [2.45, 2.75) is 13.0 Å². The van der Waals surface area contributed by atoms with Crippen molar-refractivity contribution < 1.29 is 0 Å². The maximum Gasteiger partial charge on any atom is 0.0998 e. The minimum atomic E-state index is 0.726. The van der Waals surface area contributed by atoms with Gasteiger partial charge in [0.05, 0.1) is 11.6 Å². The number of rotatable bonds is 3. The second-order valence-electron chi connectivity index (χ2n) is 6.55. The molecular formula is C20H24N4. The molecule has 0 amide bonds. The number of nitriles is 1. The van der Waals surface area contributed by atoms with Crippen LogP contribution >= 0.6 is 0 Å². The SMILES string of the molecule is CN1CCCN(Cc2ccc(-c3ccc(N)cc3)c(C#N)c2)CC1. The van der Waals surface area contributed by atoms with Crippen LogP contribution in [-0.4, -0.2) is 43.0 Å². The van der Waals surface area contributed by atoms with Gasteiger partial charge in [0, 0.05) is 25.3 Å². The molecule has 3 rings (SSSR count). The maximum absolute atomic E-state index is 9.55. The smallest absolute Gasteiger partial charge is 0.0998 e. The van der Waals surface area contributed by atoms with E-state index in [1.165, 1.54) is 12.0 Å². The van der Waals surface area contributed by atoms with Crippen molar-refractivity contribution in [2.75, 3.05) is 39.0 Å². The summed E-state index contributed by atoms with van der Waals surface area (Å²) in [5, 5.41) is 9.55.